The Kier molecular flexibility index (Phi) is 5.30. The zero-order chi connectivity index (χ0) is 24.8. The summed E-state index contributed by atoms with van der Waals surface area (Å²) in [6, 6.07) is 28.4. The maximum Gasteiger partial charge on any atom is 0.146 e. The van der Waals surface area contributed by atoms with Crippen molar-refractivity contribution in [3.8, 4) is 45.3 Å². The van der Waals surface area contributed by atoms with Crippen LogP contribution in [-0.2, 0) is 0 Å². The van der Waals surface area contributed by atoms with Gasteiger partial charge in [-0.3, -0.25) is 0 Å². The summed E-state index contributed by atoms with van der Waals surface area (Å²) in [5.41, 5.74) is 7.33. The molecule has 0 bridgehead atoms. The molecule has 0 atom stereocenters. The van der Waals surface area contributed by atoms with Crippen LogP contribution in [0.3, 0.4) is 0 Å². The van der Waals surface area contributed by atoms with Crippen LogP contribution in [0, 0.1) is 13.8 Å². The van der Waals surface area contributed by atoms with E-state index in [0.717, 1.165) is 66.8 Å². The van der Waals surface area contributed by atoms with Gasteiger partial charge in [0.25, 0.3) is 0 Å². The lowest BCUT2D eigenvalue weighted by atomic mass is 9.97. The number of furan rings is 2. The Morgan fingerprint density at radius 2 is 0.889 bits per heavy atom. The van der Waals surface area contributed by atoms with Crippen LogP contribution in [0.4, 0.5) is 0 Å². The van der Waals surface area contributed by atoms with E-state index < -0.39 is 0 Å². The molecule has 0 saturated carbocycles. The SMILES string of the molecule is COc1ccc2c(C)c(-c3ccccc3)oc2c1-c1c(OC)ccc2c(C)c(-c3ccccc3)oc12. The molecule has 0 N–H and O–H groups in total. The molecule has 2 heterocycles. The lowest BCUT2D eigenvalue weighted by Gasteiger charge is -2.13. The Balaban J connectivity index is 1.71. The molecule has 6 rings (SSSR count). The van der Waals surface area contributed by atoms with Crippen LogP contribution < -0.4 is 9.47 Å². The predicted octanol–water partition coefficient (Wildman–Crippen LogP) is 8.81. The monoisotopic (exact) mass is 474 g/mol. The lowest BCUT2D eigenvalue weighted by Crippen LogP contribution is -1.93. The minimum atomic E-state index is 0.692. The van der Waals surface area contributed by atoms with Crippen molar-refractivity contribution in [2.45, 2.75) is 13.8 Å². The summed E-state index contributed by atoms with van der Waals surface area (Å²) >= 11 is 0. The van der Waals surface area contributed by atoms with E-state index in [9.17, 15) is 0 Å². The first-order valence-electron chi connectivity index (χ1n) is 11.9. The maximum atomic E-state index is 6.61. The van der Waals surface area contributed by atoms with Crippen LogP contribution >= 0.6 is 0 Å². The van der Waals surface area contributed by atoms with Crippen molar-refractivity contribution in [2.75, 3.05) is 14.2 Å². The van der Waals surface area contributed by atoms with Crippen LogP contribution in [-0.4, -0.2) is 14.2 Å². The summed E-state index contributed by atoms with van der Waals surface area (Å²) in [5.74, 6) is 3.06. The highest BCUT2D eigenvalue weighted by molar-refractivity contribution is 6.09. The molecule has 0 fully saturated rings. The largest absolute Gasteiger partial charge is 0.496 e. The van der Waals surface area contributed by atoms with Gasteiger partial charge in [-0.25, -0.2) is 0 Å². The first-order chi connectivity index (χ1) is 17.6. The number of hydrogen-bond acceptors (Lipinski definition) is 4. The van der Waals surface area contributed by atoms with E-state index in [0.29, 0.717) is 11.5 Å². The average Bonchev–Trinajstić information content (AvgIpc) is 3.45. The van der Waals surface area contributed by atoms with E-state index >= 15 is 0 Å². The average molecular weight is 475 g/mol. The number of methoxy groups -OCH3 is 2. The van der Waals surface area contributed by atoms with Gasteiger partial charge in [-0.15, -0.1) is 0 Å². The summed E-state index contributed by atoms with van der Waals surface area (Å²) in [5, 5.41) is 2.05. The Bertz CT molecular complexity index is 1580. The van der Waals surface area contributed by atoms with Gasteiger partial charge in [-0.1, -0.05) is 60.7 Å². The zero-order valence-electron chi connectivity index (χ0n) is 20.7. The number of benzene rings is 4. The van der Waals surface area contributed by atoms with Crippen molar-refractivity contribution in [3.05, 3.63) is 96.1 Å². The highest BCUT2D eigenvalue weighted by Gasteiger charge is 2.26. The molecular formula is C32H26O4. The molecule has 0 aliphatic carbocycles. The Labute approximate surface area is 209 Å². The van der Waals surface area contributed by atoms with E-state index in [1.54, 1.807) is 14.2 Å². The second-order valence-corrected chi connectivity index (χ2v) is 8.88. The predicted molar refractivity (Wildman–Crippen MR) is 145 cm³/mol. The fourth-order valence-electron chi connectivity index (χ4n) is 5.08. The Morgan fingerprint density at radius 1 is 0.500 bits per heavy atom. The molecule has 4 heteroatoms. The van der Waals surface area contributed by atoms with E-state index in [4.69, 9.17) is 18.3 Å². The minimum absolute atomic E-state index is 0.692. The molecule has 4 aromatic carbocycles. The molecule has 0 radical (unpaired) electrons. The molecule has 0 saturated heterocycles. The number of ether oxygens (including phenoxy) is 2. The number of rotatable bonds is 5. The zero-order valence-corrected chi connectivity index (χ0v) is 20.7. The van der Waals surface area contributed by atoms with Crippen molar-refractivity contribution in [2.24, 2.45) is 0 Å². The van der Waals surface area contributed by atoms with Gasteiger partial charge in [0.2, 0.25) is 0 Å². The maximum absolute atomic E-state index is 6.61. The number of fused-ring (bicyclic) bond motifs is 2. The summed E-state index contributed by atoms with van der Waals surface area (Å²) in [7, 11) is 3.35. The van der Waals surface area contributed by atoms with Gasteiger partial charge in [0.05, 0.1) is 25.3 Å². The molecule has 178 valence electrons. The molecule has 36 heavy (non-hydrogen) atoms. The van der Waals surface area contributed by atoms with Crippen molar-refractivity contribution >= 4 is 21.9 Å². The summed E-state index contributed by atoms with van der Waals surface area (Å²) in [6.45, 7) is 4.18. The minimum Gasteiger partial charge on any atom is -0.496 e. The quantitative estimate of drug-likeness (QED) is 0.250. The number of aryl methyl sites for hydroxylation is 2. The molecule has 2 aromatic heterocycles. The molecule has 6 aromatic rings. The molecule has 4 nitrogen and oxygen atoms in total. The van der Waals surface area contributed by atoms with Gasteiger partial charge in [0.15, 0.2) is 0 Å². The first kappa shape index (κ1) is 22.1. The van der Waals surface area contributed by atoms with Crippen LogP contribution in [0.15, 0.2) is 93.8 Å². The highest BCUT2D eigenvalue weighted by Crippen LogP contribution is 2.49. The topological polar surface area (TPSA) is 44.7 Å². The molecule has 0 aliphatic rings. The van der Waals surface area contributed by atoms with Gasteiger partial charge in [-0.05, 0) is 38.1 Å². The summed E-state index contributed by atoms with van der Waals surface area (Å²) < 4.78 is 25.0. The van der Waals surface area contributed by atoms with E-state index in [-0.39, 0.29) is 0 Å². The fourth-order valence-corrected chi connectivity index (χ4v) is 5.08. The fraction of sp³-hybridized carbons (Fsp3) is 0.125. The van der Waals surface area contributed by atoms with Gasteiger partial charge in [0.1, 0.15) is 34.2 Å². The Hall–Kier alpha value is -4.44. The van der Waals surface area contributed by atoms with Gasteiger partial charge >= 0.3 is 0 Å². The third-order valence-corrected chi connectivity index (χ3v) is 6.90. The summed E-state index contributed by atoms with van der Waals surface area (Å²) in [6.07, 6.45) is 0. The molecular weight excluding hydrogens is 448 g/mol. The van der Waals surface area contributed by atoms with E-state index in [1.165, 1.54) is 0 Å². The van der Waals surface area contributed by atoms with Crippen LogP contribution in [0.1, 0.15) is 11.1 Å². The first-order valence-corrected chi connectivity index (χ1v) is 11.9. The second kappa shape index (κ2) is 8.65. The van der Waals surface area contributed by atoms with Crippen molar-refractivity contribution in [1.82, 2.24) is 0 Å². The third-order valence-electron chi connectivity index (χ3n) is 6.90. The van der Waals surface area contributed by atoms with Gasteiger partial charge in [-0.2, -0.15) is 0 Å². The van der Waals surface area contributed by atoms with Crippen molar-refractivity contribution < 1.29 is 18.3 Å². The van der Waals surface area contributed by atoms with E-state index in [2.05, 4.69) is 50.2 Å². The standard InChI is InChI=1S/C32H26O4/c1-19-23-15-17-25(33-3)27(31(23)35-29(19)21-11-7-5-8-12-21)28-26(34-4)18-16-24-20(2)30(36-32(24)28)22-13-9-6-10-14-22/h5-18H,1-4H3. The van der Waals surface area contributed by atoms with Gasteiger partial charge in [0, 0.05) is 33.0 Å². The third kappa shape index (κ3) is 3.29. The number of hydrogen-bond donors (Lipinski definition) is 0. The van der Waals surface area contributed by atoms with Crippen LogP contribution in [0.25, 0.3) is 55.7 Å². The van der Waals surface area contributed by atoms with Crippen molar-refractivity contribution in [1.29, 1.82) is 0 Å². The highest BCUT2D eigenvalue weighted by atomic mass is 16.5. The molecule has 0 amide bonds. The molecule has 0 unspecified atom stereocenters. The molecule has 0 spiro atoms. The van der Waals surface area contributed by atoms with E-state index in [1.807, 2.05) is 48.5 Å². The lowest BCUT2D eigenvalue weighted by molar-refractivity contribution is 0.410. The van der Waals surface area contributed by atoms with Gasteiger partial charge < -0.3 is 18.3 Å². The Morgan fingerprint density at radius 3 is 1.25 bits per heavy atom. The molecule has 0 aliphatic heterocycles. The van der Waals surface area contributed by atoms with Crippen LogP contribution in [0.5, 0.6) is 11.5 Å². The normalized spacial score (nSPS) is 11.3. The summed E-state index contributed by atoms with van der Waals surface area (Å²) in [4.78, 5) is 0. The second-order valence-electron chi connectivity index (χ2n) is 8.88. The smallest absolute Gasteiger partial charge is 0.146 e. The van der Waals surface area contributed by atoms with Crippen LogP contribution in [0.2, 0.25) is 0 Å². The van der Waals surface area contributed by atoms with Crippen molar-refractivity contribution in [3.63, 3.8) is 0 Å².